The average molecular weight is 229 g/mol. The molecule has 0 spiro atoms. The molecule has 0 saturated heterocycles. The molecule has 2 aromatic heterocycles. The Bertz CT molecular complexity index is 512. The molecule has 0 radical (unpaired) electrons. The molecule has 0 aliphatic heterocycles. The van der Waals surface area contributed by atoms with Crippen molar-refractivity contribution >= 4 is 0 Å². The molecule has 1 saturated carbocycles. The molecule has 4 heteroatoms. The second-order valence-corrected chi connectivity index (χ2v) is 4.58. The highest BCUT2D eigenvalue weighted by molar-refractivity contribution is 5.30. The van der Waals surface area contributed by atoms with E-state index >= 15 is 0 Å². The van der Waals surface area contributed by atoms with Gasteiger partial charge in [-0.05, 0) is 38.0 Å². The molecule has 17 heavy (non-hydrogen) atoms. The number of nitrogens with zero attached hydrogens (tertiary/aromatic N) is 3. The summed E-state index contributed by atoms with van der Waals surface area (Å²) >= 11 is 0. The molecule has 3 rings (SSSR count). The summed E-state index contributed by atoms with van der Waals surface area (Å²) in [7, 11) is 0. The molecular formula is C13H15N3O. The zero-order valence-corrected chi connectivity index (χ0v) is 9.74. The van der Waals surface area contributed by atoms with E-state index in [1.165, 1.54) is 18.5 Å². The van der Waals surface area contributed by atoms with Crippen LogP contribution < -0.4 is 0 Å². The van der Waals surface area contributed by atoms with Crippen LogP contribution in [0.4, 0.5) is 0 Å². The van der Waals surface area contributed by atoms with E-state index in [-0.39, 0.29) is 0 Å². The summed E-state index contributed by atoms with van der Waals surface area (Å²) in [5.41, 5.74) is 2.79. The molecule has 0 bridgehead atoms. The van der Waals surface area contributed by atoms with Crippen molar-refractivity contribution in [1.82, 2.24) is 14.8 Å². The van der Waals surface area contributed by atoms with E-state index in [4.69, 9.17) is 0 Å². The van der Waals surface area contributed by atoms with Crippen molar-refractivity contribution in [2.45, 2.75) is 31.8 Å². The Labute approximate surface area is 99.9 Å². The van der Waals surface area contributed by atoms with Gasteiger partial charge in [0.15, 0.2) is 0 Å². The van der Waals surface area contributed by atoms with Crippen LogP contribution in [-0.4, -0.2) is 19.9 Å². The predicted octanol–water partition coefficient (Wildman–Crippen LogP) is 2.20. The molecule has 0 amide bonds. The summed E-state index contributed by atoms with van der Waals surface area (Å²) in [5.74, 6) is 0.668. The van der Waals surface area contributed by atoms with E-state index in [1.807, 2.05) is 23.0 Å². The van der Waals surface area contributed by atoms with Crippen molar-refractivity contribution in [3.05, 3.63) is 42.0 Å². The molecule has 0 unspecified atom stereocenters. The van der Waals surface area contributed by atoms with E-state index < -0.39 is 6.10 Å². The maximum Gasteiger partial charge on any atom is 0.0931 e. The van der Waals surface area contributed by atoms with Crippen molar-refractivity contribution in [2.24, 2.45) is 0 Å². The molecular weight excluding hydrogens is 214 g/mol. The minimum Gasteiger partial charge on any atom is -0.387 e. The molecule has 88 valence electrons. The van der Waals surface area contributed by atoms with Gasteiger partial charge in [-0.1, -0.05) is 0 Å². The summed E-state index contributed by atoms with van der Waals surface area (Å²) < 4.78 is 1.84. The van der Waals surface area contributed by atoms with Crippen LogP contribution in [0, 0.1) is 0 Å². The number of rotatable bonds is 3. The third-order valence-electron chi connectivity index (χ3n) is 3.07. The maximum atomic E-state index is 9.39. The van der Waals surface area contributed by atoms with Gasteiger partial charge in [-0.25, -0.2) is 4.68 Å². The minimum absolute atomic E-state index is 0.524. The fraction of sp³-hybridized carbons (Fsp3) is 0.385. The molecule has 2 aromatic rings. The van der Waals surface area contributed by atoms with E-state index in [1.54, 1.807) is 13.1 Å². The first-order valence-corrected chi connectivity index (χ1v) is 5.94. The summed E-state index contributed by atoms with van der Waals surface area (Å²) in [6.07, 6.45) is 5.70. The summed E-state index contributed by atoms with van der Waals surface area (Å²) in [6, 6.07) is 5.83. The summed E-state index contributed by atoms with van der Waals surface area (Å²) in [5, 5.41) is 13.9. The van der Waals surface area contributed by atoms with Gasteiger partial charge in [0.1, 0.15) is 0 Å². The van der Waals surface area contributed by atoms with Crippen molar-refractivity contribution in [2.75, 3.05) is 0 Å². The van der Waals surface area contributed by atoms with Crippen molar-refractivity contribution in [3.63, 3.8) is 0 Å². The lowest BCUT2D eigenvalue weighted by molar-refractivity contribution is 0.194. The normalized spacial score (nSPS) is 17.1. The zero-order chi connectivity index (χ0) is 11.8. The Hall–Kier alpha value is -1.68. The van der Waals surface area contributed by atoms with Crippen LogP contribution in [-0.2, 0) is 0 Å². The predicted molar refractivity (Wildman–Crippen MR) is 64.0 cm³/mol. The van der Waals surface area contributed by atoms with Crippen LogP contribution in [0.3, 0.4) is 0 Å². The lowest BCUT2D eigenvalue weighted by Gasteiger charge is -2.05. The van der Waals surface area contributed by atoms with Crippen molar-refractivity contribution < 1.29 is 5.11 Å². The Kier molecular flexibility index (Phi) is 2.44. The third kappa shape index (κ3) is 2.08. The third-order valence-corrected chi connectivity index (χ3v) is 3.07. The molecule has 1 fully saturated rings. The Morgan fingerprint density at radius 1 is 1.35 bits per heavy atom. The first-order valence-electron chi connectivity index (χ1n) is 5.94. The maximum absolute atomic E-state index is 9.39. The molecule has 1 N–H and O–H groups in total. The second-order valence-electron chi connectivity index (χ2n) is 4.58. The monoisotopic (exact) mass is 229 g/mol. The first kappa shape index (κ1) is 10.5. The highest BCUT2D eigenvalue weighted by Crippen LogP contribution is 2.38. The van der Waals surface area contributed by atoms with Crippen LogP contribution in [0.25, 0.3) is 5.69 Å². The van der Waals surface area contributed by atoms with Crippen LogP contribution in [0.5, 0.6) is 0 Å². The Morgan fingerprint density at radius 2 is 2.18 bits per heavy atom. The van der Waals surface area contributed by atoms with Crippen LogP contribution in [0.15, 0.2) is 30.6 Å². The summed E-state index contributed by atoms with van der Waals surface area (Å²) in [6.45, 7) is 1.71. The van der Waals surface area contributed by atoms with Gasteiger partial charge in [0, 0.05) is 12.1 Å². The highest BCUT2D eigenvalue weighted by Gasteiger charge is 2.25. The lowest BCUT2D eigenvalue weighted by Crippen LogP contribution is -2.00. The largest absolute Gasteiger partial charge is 0.387 e. The van der Waals surface area contributed by atoms with Gasteiger partial charge in [0.25, 0.3) is 0 Å². The topological polar surface area (TPSA) is 50.9 Å². The van der Waals surface area contributed by atoms with Crippen LogP contribution >= 0.6 is 0 Å². The van der Waals surface area contributed by atoms with Gasteiger partial charge < -0.3 is 5.11 Å². The molecule has 0 aromatic carbocycles. The smallest absolute Gasteiger partial charge is 0.0931 e. The lowest BCUT2D eigenvalue weighted by atomic mass is 10.2. The molecule has 1 aliphatic carbocycles. The summed E-state index contributed by atoms with van der Waals surface area (Å²) in [4.78, 5) is 4.21. The quantitative estimate of drug-likeness (QED) is 0.877. The fourth-order valence-corrected chi connectivity index (χ4v) is 1.86. The zero-order valence-electron chi connectivity index (χ0n) is 9.74. The number of aliphatic hydroxyl groups excluding tert-OH is 1. The van der Waals surface area contributed by atoms with E-state index in [0.717, 1.165) is 5.69 Å². The van der Waals surface area contributed by atoms with Gasteiger partial charge >= 0.3 is 0 Å². The SMILES string of the molecule is C[C@@H](O)c1ccc(-n2ccc(C3CC3)n2)cn1. The first-order chi connectivity index (χ1) is 8.24. The van der Waals surface area contributed by atoms with Crippen molar-refractivity contribution in [3.8, 4) is 5.69 Å². The van der Waals surface area contributed by atoms with Gasteiger partial charge in [-0.2, -0.15) is 5.10 Å². The number of aromatic nitrogens is 3. The van der Waals surface area contributed by atoms with Gasteiger partial charge in [0.2, 0.25) is 0 Å². The molecule has 1 aliphatic rings. The van der Waals surface area contributed by atoms with Crippen LogP contribution in [0.1, 0.15) is 43.2 Å². The number of hydrogen-bond acceptors (Lipinski definition) is 3. The second kappa shape index (κ2) is 3.96. The van der Waals surface area contributed by atoms with E-state index in [0.29, 0.717) is 11.6 Å². The number of pyridine rings is 1. The van der Waals surface area contributed by atoms with Gasteiger partial charge in [-0.15, -0.1) is 0 Å². The average Bonchev–Trinajstić information content (AvgIpc) is 3.07. The Balaban J connectivity index is 1.86. The van der Waals surface area contributed by atoms with E-state index in [9.17, 15) is 5.11 Å². The molecule has 2 heterocycles. The van der Waals surface area contributed by atoms with Gasteiger partial charge in [0.05, 0.1) is 29.4 Å². The number of aliphatic hydroxyl groups is 1. The van der Waals surface area contributed by atoms with Gasteiger partial charge in [-0.3, -0.25) is 4.98 Å². The fourth-order valence-electron chi connectivity index (χ4n) is 1.86. The standard InChI is InChI=1S/C13H15N3O/c1-9(17)12-5-4-11(8-14-12)16-7-6-13(15-16)10-2-3-10/h4-10,17H,2-3H2,1H3/t9-/m1/s1. The highest BCUT2D eigenvalue weighted by atomic mass is 16.3. The molecule has 4 nitrogen and oxygen atoms in total. The molecule has 1 atom stereocenters. The Morgan fingerprint density at radius 3 is 2.76 bits per heavy atom. The number of hydrogen-bond donors (Lipinski definition) is 1. The minimum atomic E-state index is -0.524. The van der Waals surface area contributed by atoms with E-state index in [2.05, 4.69) is 16.1 Å². The van der Waals surface area contributed by atoms with Crippen molar-refractivity contribution in [1.29, 1.82) is 0 Å². The van der Waals surface area contributed by atoms with Crippen LogP contribution in [0.2, 0.25) is 0 Å².